The van der Waals surface area contributed by atoms with Gasteiger partial charge in [0, 0.05) is 5.56 Å². The van der Waals surface area contributed by atoms with Crippen LogP contribution in [0.2, 0.25) is 0 Å². The van der Waals surface area contributed by atoms with E-state index >= 15 is 0 Å². The van der Waals surface area contributed by atoms with E-state index in [9.17, 15) is 14.8 Å². The molecule has 0 aliphatic heterocycles. The Morgan fingerprint density at radius 2 is 1.80 bits per heavy atom. The fourth-order valence-corrected chi connectivity index (χ4v) is 3.50. The molecule has 0 atom stereocenters. The summed E-state index contributed by atoms with van der Waals surface area (Å²) in [5, 5.41) is 18.9. The van der Waals surface area contributed by atoms with E-state index in [1.54, 1.807) is 36.4 Å². The number of aromatic hydroxyl groups is 1. The van der Waals surface area contributed by atoms with E-state index in [1.165, 1.54) is 6.07 Å². The van der Waals surface area contributed by atoms with E-state index in [0.29, 0.717) is 7.14 Å². The Morgan fingerprint density at radius 3 is 2.35 bits per heavy atom. The Morgan fingerprint density at radius 1 is 1.20 bits per heavy atom. The van der Waals surface area contributed by atoms with Gasteiger partial charge in [0.2, 0.25) is 0 Å². The van der Waals surface area contributed by atoms with Crippen LogP contribution in [-0.4, -0.2) is 5.11 Å². The molecule has 0 amide bonds. The van der Waals surface area contributed by atoms with E-state index in [4.69, 9.17) is 0 Å². The SMILES string of the molecule is N#C/C(=C/c1cc(I)c(O)c(I)c1)c1ccccc1F. The van der Waals surface area contributed by atoms with Crippen LogP contribution in [0.3, 0.4) is 0 Å². The van der Waals surface area contributed by atoms with Crippen molar-refractivity contribution < 1.29 is 9.50 Å². The third kappa shape index (κ3) is 3.30. The van der Waals surface area contributed by atoms with Crippen molar-refractivity contribution in [3.63, 3.8) is 0 Å². The summed E-state index contributed by atoms with van der Waals surface area (Å²) in [4.78, 5) is 0. The highest BCUT2D eigenvalue weighted by Gasteiger charge is 2.09. The van der Waals surface area contributed by atoms with Crippen LogP contribution in [0.5, 0.6) is 5.75 Å². The zero-order valence-electron chi connectivity index (χ0n) is 10.1. The number of nitriles is 1. The smallest absolute Gasteiger partial charge is 0.142 e. The van der Waals surface area contributed by atoms with Gasteiger partial charge in [-0.2, -0.15) is 5.26 Å². The van der Waals surface area contributed by atoms with Gasteiger partial charge in [-0.3, -0.25) is 0 Å². The summed E-state index contributed by atoms with van der Waals surface area (Å²) >= 11 is 4.03. The summed E-state index contributed by atoms with van der Waals surface area (Å²) < 4.78 is 15.1. The van der Waals surface area contributed by atoms with E-state index < -0.39 is 5.82 Å². The molecule has 0 spiro atoms. The van der Waals surface area contributed by atoms with Gasteiger partial charge in [0.15, 0.2) is 0 Å². The number of halogens is 3. The Labute approximate surface area is 143 Å². The molecular weight excluding hydrogens is 483 g/mol. The molecule has 20 heavy (non-hydrogen) atoms. The lowest BCUT2D eigenvalue weighted by Crippen LogP contribution is -1.88. The number of phenolic OH excluding ortho intramolecular Hbond substituents is 1. The molecule has 0 aliphatic rings. The number of hydrogen-bond acceptors (Lipinski definition) is 2. The van der Waals surface area contributed by atoms with Crippen molar-refractivity contribution in [3.8, 4) is 11.8 Å². The summed E-state index contributed by atoms with van der Waals surface area (Å²) in [7, 11) is 0. The molecule has 0 saturated carbocycles. The predicted octanol–water partition coefficient (Wildman–Crippen LogP) is 4.80. The van der Waals surface area contributed by atoms with Gasteiger partial charge in [-0.25, -0.2) is 4.39 Å². The second-order valence-electron chi connectivity index (χ2n) is 3.98. The summed E-state index contributed by atoms with van der Waals surface area (Å²) in [6.45, 7) is 0. The molecule has 2 nitrogen and oxygen atoms in total. The van der Waals surface area contributed by atoms with Crippen LogP contribution in [0.25, 0.3) is 11.6 Å². The fourth-order valence-electron chi connectivity index (χ4n) is 1.69. The molecule has 0 aliphatic carbocycles. The van der Waals surface area contributed by atoms with Gasteiger partial charge in [0.1, 0.15) is 11.6 Å². The molecule has 5 heteroatoms. The second kappa shape index (κ2) is 6.54. The molecule has 100 valence electrons. The molecule has 2 rings (SSSR count). The molecular formula is C15H8FI2NO. The van der Waals surface area contributed by atoms with Crippen LogP contribution in [0.4, 0.5) is 4.39 Å². The lowest BCUT2D eigenvalue weighted by molar-refractivity contribution is 0.467. The topological polar surface area (TPSA) is 44.0 Å². The lowest BCUT2D eigenvalue weighted by Gasteiger charge is -2.04. The summed E-state index contributed by atoms with van der Waals surface area (Å²) in [5.74, 6) is -0.212. The highest BCUT2D eigenvalue weighted by molar-refractivity contribution is 14.1. The van der Waals surface area contributed by atoms with Gasteiger partial charge in [0.25, 0.3) is 0 Å². The highest BCUT2D eigenvalue weighted by atomic mass is 127. The maximum atomic E-state index is 13.7. The third-order valence-corrected chi connectivity index (χ3v) is 4.28. The van der Waals surface area contributed by atoms with Crippen molar-refractivity contribution in [2.45, 2.75) is 0 Å². The molecule has 0 bridgehead atoms. The van der Waals surface area contributed by atoms with Crippen LogP contribution in [0.1, 0.15) is 11.1 Å². The minimum Gasteiger partial charge on any atom is -0.506 e. The van der Waals surface area contributed by atoms with Gasteiger partial charge in [-0.05, 0) is 75.0 Å². The average molecular weight is 491 g/mol. The van der Waals surface area contributed by atoms with Gasteiger partial charge < -0.3 is 5.11 Å². The first kappa shape index (κ1) is 15.3. The Kier molecular flexibility index (Phi) is 4.99. The zero-order chi connectivity index (χ0) is 14.7. The number of allylic oxidation sites excluding steroid dienone is 1. The molecule has 2 aromatic carbocycles. The molecule has 2 aromatic rings. The van der Waals surface area contributed by atoms with Gasteiger partial charge in [-0.15, -0.1) is 0 Å². The zero-order valence-corrected chi connectivity index (χ0v) is 14.4. The molecule has 0 fully saturated rings. The minimum atomic E-state index is -0.427. The summed E-state index contributed by atoms with van der Waals surface area (Å²) in [5.41, 5.74) is 1.27. The number of rotatable bonds is 2. The molecule has 1 N–H and O–H groups in total. The molecule has 0 heterocycles. The minimum absolute atomic E-state index is 0.216. The quantitative estimate of drug-likeness (QED) is 0.373. The number of phenols is 1. The van der Waals surface area contributed by atoms with Crippen LogP contribution in [0, 0.1) is 24.3 Å². The Balaban J connectivity index is 2.53. The summed E-state index contributed by atoms with van der Waals surface area (Å²) in [6, 6.07) is 11.7. The van der Waals surface area contributed by atoms with E-state index in [2.05, 4.69) is 0 Å². The number of nitrogens with zero attached hydrogens (tertiary/aromatic N) is 1. The van der Waals surface area contributed by atoms with E-state index in [0.717, 1.165) is 5.56 Å². The third-order valence-electron chi connectivity index (χ3n) is 2.63. The molecule has 0 radical (unpaired) electrons. The van der Waals surface area contributed by atoms with Crippen molar-refractivity contribution in [2.24, 2.45) is 0 Å². The first-order chi connectivity index (χ1) is 9.52. The van der Waals surface area contributed by atoms with E-state index in [1.807, 2.05) is 51.3 Å². The average Bonchev–Trinajstić information content (AvgIpc) is 2.43. The lowest BCUT2D eigenvalue weighted by atomic mass is 10.0. The Hall–Kier alpha value is -1.14. The van der Waals surface area contributed by atoms with Crippen molar-refractivity contribution in [1.82, 2.24) is 0 Å². The van der Waals surface area contributed by atoms with Crippen molar-refractivity contribution in [1.29, 1.82) is 5.26 Å². The van der Waals surface area contributed by atoms with Crippen LogP contribution in [-0.2, 0) is 0 Å². The first-order valence-corrected chi connectivity index (χ1v) is 7.73. The maximum absolute atomic E-state index is 13.7. The van der Waals surface area contributed by atoms with Gasteiger partial charge in [0.05, 0.1) is 18.8 Å². The number of benzene rings is 2. The van der Waals surface area contributed by atoms with Crippen LogP contribution < -0.4 is 0 Å². The predicted molar refractivity (Wildman–Crippen MR) is 93.4 cm³/mol. The highest BCUT2D eigenvalue weighted by Crippen LogP contribution is 2.29. The van der Waals surface area contributed by atoms with Crippen LogP contribution >= 0.6 is 45.2 Å². The maximum Gasteiger partial charge on any atom is 0.142 e. The molecule has 0 unspecified atom stereocenters. The van der Waals surface area contributed by atoms with E-state index in [-0.39, 0.29) is 16.9 Å². The van der Waals surface area contributed by atoms with Crippen molar-refractivity contribution >= 4 is 56.8 Å². The molecule has 0 saturated heterocycles. The normalized spacial score (nSPS) is 11.2. The fraction of sp³-hybridized carbons (Fsp3) is 0. The molecule has 0 aromatic heterocycles. The Bertz CT molecular complexity index is 712. The van der Waals surface area contributed by atoms with Gasteiger partial charge >= 0.3 is 0 Å². The van der Waals surface area contributed by atoms with Crippen molar-refractivity contribution in [2.75, 3.05) is 0 Å². The van der Waals surface area contributed by atoms with Crippen molar-refractivity contribution in [3.05, 3.63) is 60.5 Å². The summed E-state index contributed by atoms with van der Waals surface area (Å²) in [6.07, 6.45) is 1.61. The standard InChI is InChI=1S/C15H8FI2NO/c16-12-4-2-1-3-11(12)10(8-19)5-9-6-13(17)15(20)14(18)7-9/h1-7,20H/b10-5-. The van der Waals surface area contributed by atoms with Gasteiger partial charge in [-0.1, -0.05) is 18.2 Å². The number of hydrogen-bond donors (Lipinski definition) is 1. The first-order valence-electron chi connectivity index (χ1n) is 5.57. The van der Waals surface area contributed by atoms with Crippen LogP contribution in [0.15, 0.2) is 36.4 Å². The second-order valence-corrected chi connectivity index (χ2v) is 6.31. The largest absolute Gasteiger partial charge is 0.506 e. The monoisotopic (exact) mass is 491 g/mol.